The van der Waals surface area contributed by atoms with Crippen LogP contribution in [-0.2, 0) is 4.79 Å². The highest BCUT2D eigenvalue weighted by atomic mass is 32.2. The SMILES string of the molecule is CCOc1ccc(NC(=O)C(C)Sc2nc(C)nc3sc(C)c(C)c23)cc1. The Morgan fingerprint density at radius 2 is 1.93 bits per heavy atom. The number of thiophene rings is 1. The van der Waals surface area contributed by atoms with E-state index in [-0.39, 0.29) is 11.2 Å². The third-order valence-electron chi connectivity index (χ3n) is 4.20. The van der Waals surface area contributed by atoms with Gasteiger partial charge in [-0.2, -0.15) is 0 Å². The molecule has 27 heavy (non-hydrogen) atoms. The quantitative estimate of drug-likeness (QED) is 0.458. The van der Waals surface area contributed by atoms with Crippen LogP contribution < -0.4 is 10.1 Å². The number of aryl methyl sites for hydroxylation is 3. The Morgan fingerprint density at radius 3 is 2.59 bits per heavy atom. The fraction of sp³-hybridized carbons (Fsp3) is 0.350. The van der Waals surface area contributed by atoms with Crippen LogP contribution in [-0.4, -0.2) is 27.7 Å². The second kappa shape index (κ2) is 8.27. The first-order valence-electron chi connectivity index (χ1n) is 8.83. The minimum atomic E-state index is -0.284. The van der Waals surface area contributed by atoms with Crippen LogP contribution in [0.1, 0.15) is 30.1 Å². The maximum atomic E-state index is 12.6. The molecule has 2 aromatic heterocycles. The number of hydrogen-bond acceptors (Lipinski definition) is 6. The molecule has 0 aliphatic carbocycles. The summed E-state index contributed by atoms with van der Waals surface area (Å²) in [5.74, 6) is 1.46. The summed E-state index contributed by atoms with van der Waals surface area (Å²) in [5, 5.41) is 4.61. The molecule has 1 N–H and O–H groups in total. The van der Waals surface area contributed by atoms with Gasteiger partial charge in [-0.05, 0) is 64.4 Å². The van der Waals surface area contributed by atoms with E-state index < -0.39 is 0 Å². The Bertz CT molecular complexity index is 968. The van der Waals surface area contributed by atoms with Gasteiger partial charge in [-0.15, -0.1) is 11.3 Å². The first kappa shape index (κ1) is 19.6. The van der Waals surface area contributed by atoms with E-state index in [0.29, 0.717) is 6.61 Å². The zero-order valence-corrected chi connectivity index (χ0v) is 17.8. The van der Waals surface area contributed by atoms with Crippen LogP contribution in [0.3, 0.4) is 0 Å². The van der Waals surface area contributed by atoms with Crippen molar-refractivity contribution in [1.82, 2.24) is 9.97 Å². The Kier molecular flexibility index (Phi) is 6.01. The Hall–Kier alpha value is -2.12. The van der Waals surface area contributed by atoms with E-state index in [2.05, 4.69) is 29.1 Å². The predicted octanol–water partition coefficient (Wildman–Crippen LogP) is 5.13. The van der Waals surface area contributed by atoms with Crippen molar-refractivity contribution < 1.29 is 9.53 Å². The van der Waals surface area contributed by atoms with Crippen LogP contribution in [0.15, 0.2) is 29.3 Å². The highest BCUT2D eigenvalue weighted by molar-refractivity contribution is 8.00. The number of amides is 1. The summed E-state index contributed by atoms with van der Waals surface area (Å²) in [7, 11) is 0. The number of nitrogens with zero attached hydrogens (tertiary/aromatic N) is 2. The number of carbonyl (C=O) groups excluding carboxylic acids is 1. The van der Waals surface area contributed by atoms with Crippen molar-refractivity contribution in [3.8, 4) is 5.75 Å². The molecule has 0 aliphatic rings. The predicted molar refractivity (Wildman–Crippen MR) is 113 cm³/mol. The van der Waals surface area contributed by atoms with Gasteiger partial charge in [0.15, 0.2) is 0 Å². The normalized spacial score (nSPS) is 12.2. The van der Waals surface area contributed by atoms with Crippen LogP contribution in [0.2, 0.25) is 0 Å². The summed E-state index contributed by atoms with van der Waals surface area (Å²) in [5.41, 5.74) is 1.94. The van der Waals surface area contributed by atoms with Crippen molar-refractivity contribution in [3.63, 3.8) is 0 Å². The monoisotopic (exact) mass is 401 g/mol. The second-order valence-electron chi connectivity index (χ2n) is 6.25. The van der Waals surface area contributed by atoms with Crippen molar-refractivity contribution >= 4 is 44.9 Å². The van der Waals surface area contributed by atoms with Crippen molar-refractivity contribution in [3.05, 3.63) is 40.5 Å². The van der Waals surface area contributed by atoms with Crippen LogP contribution >= 0.6 is 23.1 Å². The van der Waals surface area contributed by atoms with Crippen LogP contribution in [0.4, 0.5) is 5.69 Å². The van der Waals surface area contributed by atoms with Crippen LogP contribution in [0.25, 0.3) is 10.2 Å². The Balaban J connectivity index is 1.76. The van der Waals surface area contributed by atoms with E-state index in [1.807, 2.05) is 45.0 Å². The number of fused-ring (bicyclic) bond motifs is 1. The minimum Gasteiger partial charge on any atom is -0.494 e. The second-order valence-corrected chi connectivity index (χ2v) is 8.78. The Morgan fingerprint density at radius 1 is 1.22 bits per heavy atom. The first-order chi connectivity index (χ1) is 12.9. The van der Waals surface area contributed by atoms with E-state index in [1.54, 1.807) is 11.3 Å². The molecule has 1 aromatic carbocycles. The number of aromatic nitrogens is 2. The highest BCUT2D eigenvalue weighted by Gasteiger charge is 2.20. The zero-order valence-electron chi connectivity index (χ0n) is 16.1. The molecule has 0 saturated carbocycles. The summed E-state index contributed by atoms with van der Waals surface area (Å²) in [6, 6.07) is 7.40. The molecular formula is C20H23N3O2S2. The maximum Gasteiger partial charge on any atom is 0.237 e. The van der Waals surface area contributed by atoms with Gasteiger partial charge in [0.25, 0.3) is 0 Å². The van der Waals surface area contributed by atoms with Crippen LogP contribution in [0.5, 0.6) is 5.75 Å². The topological polar surface area (TPSA) is 64.1 Å². The molecule has 0 saturated heterocycles. The number of rotatable bonds is 6. The molecule has 1 amide bonds. The van der Waals surface area contributed by atoms with Gasteiger partial charge in [0.2, 0.25) is 5.91 Å². The number of anilines is 1. The lowest BCUT2D eigenvalue weighted by atomic mass is 10.2. The van der Waals surface area contributed by atoms with Crippen molar-refractivity contribution in [1.29, 1.82) is 0 Å². The summed E-state index contributed by atoms with van der Waals surface area (Å²) in [6.07, 6.45) is 0. The van der Waals surface area contributed by atoms with Gasteiger partial charge in [-0.25, -0.2) is 9.97 Å². The number of hydrogen-bond donors (Lipinski definition) is 1. The third kappa shape index (κ3) is 4.42. The van der Waals surface area contributed by atoms with E-state index >= 15 is 0 Å². The van der Waals surface area contributed by atoms with Gasteiger partial charge < -0.3 is 10.1 Å². The zero-order chi connectivity index (χ0) is 19.6. The van der Waals surface area contributed by atoms with Crippen molar-refractivity contribution in [2.24, 2.45) is 0 Å². The molecule has 1 unspecified atom stereocenters. The molecule has 0 bridgehead atoms. The standard InChI is InChI=1S/C20H23N3O2S2/c1-6-25-16-9-7-15(8-10-16)23-18(24)13(4)27-20-17-11(2)12(3)26-19(17)21-14(5)22-20/h7-10,13H,6H2,1-5H3,(H,23,24). The van der Waals surface area contributed by atoms with Crippen LogP contribution in [0, 0.1) is 20.8 Å². The van der Waals surface area contributed by atoms with Gasteiger partial charge in [0.05, 0.1) is 11.9 Å². The van der Waals surface area contributed by atoms with Gasteiger partial charge in [0, 0.05) is 16.0 Å². The van der Waals surface area contributed by atoms with Gasteiger partial charge in [0.1, 0.15) is 21.4 Å². The molecule has 142 valence electrons. The lowest BCUT2D eigenvalue weighted by Gasteiger charge is -2.13. The van der Waals surface area contributed by atoms with E-state index in [4.69, 9.17) is 4.74 Å². The largest absolute Gasteiger partial charge is 0.494 e. The van der Waals surface area contributed by atoms with Gasteiger partial charge >= 0.3 is 0 Å². The lowest BCUT2D eigenvalue weighted by molar-refractivity contribution is -0.115. The number of nitrogens with one attached hydrogen (secondary N) is 1. The highest BCUT2D eigenvalue weighted by Crippen LogP contribution is 2.36. The molecule has 0 aliphatic heterocycles. The third-order valence-corrected chi connectivity index (χ3v) is 6.39. The molecular weight excluding hydrogens is 378 g/mol. The fourth-order valence-corrected chi connectivity index (χ4v) is 4.86. The summed E-state index contributed by atoms with van der Waals surface area (Å²) in [6.45, 7) is 10.5. The fourth-order valence-electron chi connectivity index (χ4n) is 2.67. The van der Waals surface area contributed by atoms with Crippen molar-refractivity contribution in [2.45, 2.75) is 44.9 Å². The van der Waals surface area contributed by atoms with Gasteiger partial charge in [-0.1, -0.05) is 11.8 Å². The minimum absolute atomic E-state index is 0.0572. The lowest BCUT2D eigenvalue weighted by Crippen LogP contribution is -2.22. The number of ether oxygens (including phenoxy) is 1. The average Bonchev–Trinajstić information content (AvgIpc) is 2.90. The molecule has 7 heteroatoms. The van der Waals surface area contributed by atoms with E-state index in [1.165, 1.54) is 22.2 Å². The van der Waals surface area contributed by atoms with Crippen molar-refractivity contribution in [2.75, 3.05) is 11.9 Å². The summed E-state index contributed by atoms with van der Waals surface area (Å²) in [4.78, 5) is 24.0. The number of thioether (sulfide) groups is 1. The molecule has 0 radical (unpaired) electrons. The molecule has 0 fully saturated rings. The number of benzene rings is 1. The summed E-state index contributed by atoms with van der Waals surface area (Å²) >= 11 is 3.15. The molecule has 1 atom stereocenters. The smallest absolute Gasteiger partial charge is 0.237 e. The average molecular weight is 402 g/mol. The van der Waals surface area contributed by atoms with Gasteiger partial charge in [-0.3, -0.25) is 4.79 Å². The summed E-state index contributed by atoms with van der Waals surface area (Å²) < 4.78 is 5.43. The molecule has 3 aromatic rings. The molecule has 3 rings (SSSR count). The van der Waals surface area contributed by atoms with E-state index in [9.17, 15) is 4.79 Å². The molecule has 5 nitrogen and oxygen atoms in total. The Labute approximate surface area is 167 Å². The first-order valence-corrected chi connectivity index (χ1v) is 10.5. The molecule has 2 heterocycles. The maximum absolute atomic E-state index is 12.6. The van der Waals surface area contributed by atoms with E-state index in [0.717, 1.165) is 32.5 Å². The number of carbonyl (C=O) groups is 1. The molecule has 0 spiro atoms.